The molecule has 0 aromatic heterocycles. The van der Waals surface area contributed by atoms with E-state index in [4.69, 9.17) is 4.74 Å². The molecule has 2 aromatic carbocycles. The van der Waals surface area contributed by atoms with Crippen LogP contribution in [-0.4, -0.2) is 11.1 Å². The van der Waals surface area contributed by atoms with E-state index in [0.29, 0.717) is 11.5 Å². The summed E-state index contributed by atoms with van der Waals surface area (Å²) in [5, 5.41) is 11.6. The molecule has 0 spiro atoms. The number of hydrogen-bond acceptors (Lipinski definition) is 3. The third-order valence-electron chi connectivity index (χ3n) is 7.73. The fourth-order valence-electron chi connectivity index (χ4n) is 5.03. The molecule has 0 aliphatic rings. The summed E-state index contributed by atoms with van der Waals surface area (Å²) in [5.41, 5.74) is 6.26. The SMILES string of the molecule is C=CC(=O)Oc1c(C(C)c2cc(CCCC)cc(CC(C)(C)C)c2O)cc(CCCC)cc1C(C)(C)CC. The maximum absolute atomic E-state index is 12.6. The van der Waals surface area contributed by atoms with Crippen molar-refractivity contribution in [3.8, 4) is 11.5 Å². The van der Waals surface area contributed by atoms with Gasteiger partial charge < -0.3 is 9.84 Å². The number of aryl methyl sites for hydroxylation is 2. The molecule has 0 fully saturated rings. The highest BCUT2D eigenvalue weighted by Crippen LogP contribution is 2.45. The van der Waals surface area contributed by atoms with E-state index < -0.39 is 5.97 Å². The number of ether oxygens (including phenoxy) is 1. The van der Waals surface area contributed by atoms with Gasteiger partial charge in [-0.2, -0.15) is 0 Å². The topological polar surface area (TPSA) is 46.5 Å². The van der Waals surface area contributed by atoms with Gasteiger partial charge in [-0.05, 0) is 66.0 Å². The van der Waals surface area contributed by atoms with E-state index in [0.717, 1.165) is 73.6 Å². The van der Waals surface area contributed by atoms with Crippen LogP contribution in [0.25, 0.3) is 0 Å². The molecule has 38 heavy (non-hydrogen) atoms. The maximum Gasteiger partial charge on any atom is 0.335 e. The second-order valence-electron chi connectivity index (χ2n) is 12.8. The number of hydrogen-bond donors (Lipinski definition) is 1. The molecule has 0 heterocycles. The molecule has 210 valence electrons. The van der Waals surface area contributed by atoms with Crippen LogP contribution in [0.4, 0.5) is 0 Å². The molecule has 0 amide bonds. The molecule has 0 saturated heterocycles. The zero-order valence-corrected chi connectivity index (χ0v) is 25.6. The largest absolute Gasteiger partial charge is 0.507 e. The lowest BCUT2D eigenvalue weighted by atomic mass is 9.77. The molecule has 2 rings (SSSR count). The van der Waals surface area contributed by atoms with E-state index in [-0.39, 0.29) is 16.7 Å². The first-order valence-corrected chi connectivity index (χ1v) is 14.6. The molecule has 0 saturated carbocycles. The first-order chi connectivity index (χ1) is 17.8. The molecule has 0 radical (unpaired) electrons. The van der Waals surface area contributed by atoms with Crippen molar-refractivity contribution >= 4 is 5.97 Å². The van der Waals surface area contributed by atoms with Crippen molar-refractivity contribution in [2.75, 3.05) is 0 Å². The Bertz CT molecular complexity index is 1100. The van der Waals surface area contributed by atoms with Crippen LogP contribution < -0.4 is 4.74 Å². The van der Waals surface area contributed by atoms with Gasteiger partial charge in [-0.25, -0.2) is 4.79 Å². The number of carbonyl (C=O) groups excluding carboxylic acids is 1. The molecule has 1 unspecified atom stereocenters. The normalized spacial score (nSPS) is 12.9. The Morgan fingerprint density at radius 2 is 1.50 bits per heavy atom. The van der Waals surface area contributed by atoms with Crippen molar-refractivity contribution in [2.45, 2.75) is 125 Å². The van der Waals surface area contributed by atoms with Crippen molar-refractivity contribution in [3.63, 3.8) is 0 Å². The van der Waals surface area contributed by atoms with Crippen molar-refractivity contribution in [3.05, 3.63) is 70.3 Å². The summed E-state index contributed by atoms with van der Waals surface area (Å²) in [6, 6.07) is 8.78. The average molecular weight is 521 g/mol. The molecule has 0 aliphatic heterocycles. The highest BCUT2D eigenvalue weighted by Gasteiger charge is 2.30. The molecular formula is C35H52O3. The number of esters is 1. The van der Waals surface area contributed by atoms with Gasteiger partial charge in [0.1, 0.15) is 11.5 Å². The van der Waals surface area contributed by atoms with Gasteiger partial charge in [0.15, 0.2) is 0 Å². The zero-order chi connectivity index (χ0) is 28.7. The number of phenolic OH excluding ortho intramolecular Hbond substituents is 1. The summed E-state index contributed by atoms with van der Waals surface area (Å²) < 4.78 is 6.02. The summed E-state index contributed by atoms with van der Waals surface area (Å²) in [4.78, 5) is 12.6. The highest BCUT2D eigenvalue weighted by atomic mass is 16.5. The minimum absolute atomic E-state index is 0.0460. The molecule has 1 N–H and O–H groups in total. The Morgan fingerprint density at radius 3 is 2.00 bits per heavy atom. The first kappa shape index (κ1) is 31.7. The van der Waals surface area contributed by atoms with Gasteiger partial charge in [-0.3, -0.25) is 0 Å². The predicted octanol–water partition coefficient (Wildman–Crippen LogP) is 9.60. The third-order valence-corrected chi connectivity index (χ3v) is 7.73. The second kappa shape index (κ2) is 13.5. The summed E-state index contributed by atoms with van der Waals surface area (Å²) >= 11 is 0. The van der Waals surface area contributed by atoms with Crippen molar-refractivity contribution in [1.29, 1.82) is 0 Å². The fourth-order valence-corrected chi connectivity index (χ4v) is 5.03. The molecule has 2 aromatic rings. The lowest BCUT2D eigenvalue weighted by Gasteiger charge is -2.30. The Kier molecular flexibility index (Phi) is 11.2. The first-order valence-electron chi connectivity index (χ1n) is 14.6. The van der Waals surface area contributed by atoms with Crippen LogP contribution in [0.2, 0.25) is 0 Å². The van der Waals surface area contributed by atoms with Gasteiger partial charge in [0.2, 0.25) is 0 Å². The zero-order valence-electron chi connectivity index (χ0n) is 25.6. The number of phenols is 1. The molecule has 1 atom stereocenters. The van der Waals surface area contributed by atoms with Crippen LogP contribution in [-0.2, 0) is 29.5 Å². The van der Waals surface area contributed by atoms with Crippen LogP contribution in [0.5, 0.6) is 11.5 Å². The van der Waals surface area contributed by atoms with Gasteiger partial charge >= 0.3 is 5.97 Å². The average Bonchev–Trinajstić information content (AvgIpc) is 2.86. The Labute approximate surface area is 232 Å². The van der Waals surface area contributed by atoms with Gasteiger partial charge in [0.05, 0.1) is 0 Å². The Hall–Kier alpha value is -2.55. The van der Waals surface area contributed by atoms with Crippen LogP contribution in [0.15, 0.2) is 36.9 Å². The van der Waals surface area contributed by atoms with Crippen LogP contribution >= 0.6 is 0 Å². The third kappa shape index (κ3) is 8.22. The number of benzene rings is 2. The van der Waals surface area contributed by atoms with E-state index >= 15 is 0 Å². The van der Waals surface area contributed by atoms with Crippen LogP contribution in [0.1, 0.15) is 134 Å². The lowest BCUT2D eigenvalue weighted by molar-refractivity contribution is -0.129. The standard InChI is InChI=1S/C35H52O3/c1-11-15-17-25-19-27(23-34(6,7)8)32(37)28(20-25)24(5)29-21-26(18-16-12-2)22-30(35(9,10)14-4)33(29)38-31(36)13-3/h13,19-22,24,37H,3,11-12,14-18,23H2,1-2,4-10H3. The van der Waals surface area contributed by atoms with Crippen LogP contribution in [0, 0.1) is 5.41 Å². The van der Waals surface area contributed by atoms with Crippen molar-refractivity contribution < 1.29 is 14.6 Å². The monoisotopic (exact) mass is 520 g/mol. The Balaban J connectivity index is 2.86. The van der Waals surface area contributed by atoms with Gasteiger partial charge in [0, 0.05) is 28.7 Å². The second-order valence-corrected chi connectivity index (χ2v) is 12.8. The quantitative estimate of drug-likeness (QED) is 0.162. The van der Waals surface area contributed by atoms with Gasteiger partial charge in [0.25, 0.3) is 0 Å². The molecule has 0 bridgehead atoms. The number of carbonyl (C=O) groups is 1. The van der Waals surface area contributed by atoms with E-state index in [1.807, 2.05) is 0 Å². The smallest absolute Gasteiger partial charge is 0.335 e. The van der Waals surface area contributed by atoms with Crippen molar-refractivity contribution in [2.24, 2.45) is 5.41 Å². The van der Waals surface area contributed by atoms with Gasteiger partial charge in [-0.1, -0.05) is 106 Å². The molecule has 3 nitrogen and oxygen atoms in total. The molecular weight excluding hydrogens is 468 g/mol. The van der Waals surface area contributed by atoms with E-state index in [1.165, 1.54) is 17.2 Å². The van der Waals surface area contributed by atoms with E-state index in [2.05, 4.69) is 93.2 Å². The highest BCUT2D eigenvalue weighted by molar-refractivity contribution is 5.84. The predicted molar refractivity (Wildman–Crippen MR) is 162 cm³/mol. The molecule has 3 heteroatoms. The van der Waals surface area contributed by atoms with Crippen LogP contribution in [0.3, 0.4) is 0 Å². The lowest BCUT2D eigenvalue weighted by Crippen LogP contribution is -2.21. The maximum atomic E-state index is 12.6. The summed E-state index contributed by atoms with van der Waals surface area (Å²) in [5.74, 6) is 0.368. The fraction of sp³-hybridized carbons (Fsp3) is 0.571. The van der Waals surface area contributed by atoms with Crippen molar-refractivity contribution in [1.82, 2.24) is 0 Å². The van der Waals surface area contributed by atoms with Gasteiger partial charge in [-0.15, -0.1) is 0 Å². The summed E-state index contributed by atoms with van der Waals surface area (Å²) in [6.45, 7) is 23.4. The molecule has 0 aliphatic carbocycles. The number of aromatic hydroxyl groups is 1. The Morgan fingerprint density at radius 1 is 0.947 bits per heavy atom. The number of unbranched alkanes of at least 4 members (excludes halogenated alkanes) is 2. The summed E-state index contributed by atoms with van der Waals surface area (Å²) in [7, 11) is 0. The van der Waals surface area contributed by atoms with E-state index in [1.54, 1.807) is 0 Å². The minimum atomic E-state index is -0.456. The van der Waals surface area contributed by atoms with E-state index in [9.17, 15) is 9.90 Å². The summed E-state index contributed by atoms with van der Waals surface area (Å²) in [6.07, 6.45) is 9.32. The number of rotatable bonds is 13. The minimum Gasteiger partial charge on any atom is -0.507 e.